The number of thiophene rings is 1. The van der Waals surface area contributed by atoms with E-state index in [1.807, 2.05) is 7.05 Å². The number of nitrogens with one attached hydrogen (secondary N) is 2. The fourth-order valence-corrected chi connectivity index (χ4v) is 2.89. The van der Waals surface area contributed by atoms with Crippen LogP contribution in [0.5, 0.6) is 0 Å². The Morgan fingerprint density at radius 3 is 2.95 bits per heavy atom. The lowest BCUT2D eigenvalue weighted by atomic mass is 10.1. The van der Waals surface area contributed by atoms with Gasteiger partial charge in [0.15, 0.2) is 0 Å². The first-order chi connectivity index (χ1) is 9.90. The second-order valence-electron chi connectivity index (χ2n) is 4.86. The van der Waals surface area contributed by atoms with Crippen molar-refractivity contribution in [2.24, 2.45) is 0 Å². The molecule has 0 radical (unpaired) electrons. The average molecular weight is 292 g/mol. The summed E-state index contributed by atoms with van der Waals surface area (Å²) in [6, 6.07) is 8.86. The van der Waals surface area contributed by atoms with Gasteiger partial charge in [0, 0.05) is 11.2 Å². The SMILES string of the molecule is CNCCCNCCOCCc1ccc2sccc2c1. The molecule has 1 aromatic carbocycles. The van der Waals surface area contributed by atoms with Gasteiger partial charge in [-0.2, -0.15) is 0 Å². The first-order valence-corrected chi connectivity index (χ1v) is 8.17. The van der Waals surface area contributed by atoms with Crippen LogP contribution in [0, 0.1) is 0 Å². The molecule has 2 aromatic rings. The summed E-state index contributed by atoms with van der Waals surface area (Å²) in [5.74, 6) is 0. The topological polar surface area (TPSA) is 33.3 Å². The fraction of sp³-hybridized carbons (Fsp3) is 0.500. The van der Waals surface area contributed by atoms with Gasteiger partial charge in [-0.1, -0.05) is 12.1 Å². The summed E-state index contributed by atoms with van der Waals surface area (Å²) in [6.45, 7) is 4.65. The van der Waals surface area contributed by atoms with E-state index in [0.29, 0.717) is 0 Å². The second-order valence-corrected chi connectivity index (χ2v) is 5.81. The number of ether oxygens (including phenoxy) is 1. The molecule has 20 heavy (non-hydrogen) atoms. The Hall–Kier alpha value is -0.940. The molecule has 1 aromatic heterocycles. The van der Waals surface area contributed by atoms with E-state index in [1.54, 1.807) is 11.3 Å². The molecule has 3 nitrogen and oxygen atoms in total. The van der Waals surface area contributed by atoms with Crippen LogP contribution in [0.3, 0.4) is 0 Å². The van der Waals surface area contributed by atoms with Gasteiger partial charge in [0.25, 0.3) is 0 Å². The van der Waals surface area contributed by atoms with E-state index in [0.717, 1.165) is 45.7 Å². The van der Waals surface area contributed by atoms with E-state index < -0.39 is 0 Å². The molecule has 0 aliphatic carbocycles. The molecule has 0 saturated heterocycles. The molecule has 1 heterocycles. The monoisotopic (exact) mass is 292 g/mol. The number of hydrogen-bond donors (Lipinski definition) is 2. The van der Waals surface area contributed by atoms with Crippen LogP contribution in [0.25, 0.3) is 10.1 Å². The first kappa shape index (κ1) is 15.4. The first-order valence-electron chi connectivity index (χ1n) is 7.29. The lowest BCUT2D eigenvalue weighted by Crippen LogP contribution is -2.23. The molecular formula is C16H24N2OS. The highest BCUT2D eigenvalue weighted by Gasteiger charge is 1.98. The van der Waals surface area contributed by atoms with Crippen LogP contribution in [0.4, 0.5) is 0 Å². The van der Waals surface area contributed by atoms with Gasteiger partial charge in [0.1, 0.15) is 0 Å². The molecule has 2 rings (SSSR count). The molecule has 0 bridgehead atoms. The second kappa shape index (κ2) is 9.08. The Morgan fingerprint density at radius 1 is 1.10 bits per heavy atom. The number of fused-ring (bicyclic) bond motifs is 1. The van der Waals surface area contributed by atoms with Crippen LogP contribution < -0.4 is 10.6 Å². The van der Waals surface area contributed by atoms with Crippen molar-refractivity contribution in [2.75, 3.05) is 39.9 Å². The summed E-state index contributed by atoms with van der Waals surface area (Å²) < 4.78 is 7.02. The van der Waals surface area contributed by atoms with Gasteiger partial charge in [-0.25, -0.2) is 0 Å². The lowest BCUT2D eigenvalue weighted by Gasteiger charge is -2.06. The van der Waals surface area contributed by atoms with E-state index in [9.17, 15) is 0 Å². The molecule has 0 spiro atoms. The maximum Gasteiger partial charge on any atom is 0.0591 e. The Kier molecular flexibility index (Phi) is 7.01. The summed E-state index contributed by atoms with van der Waals surface area (Å²) in [4.78, 5) is 0. The fourth-order valence-electron chi connectivity index (χ4n) is 2.12. The van der Waals surface area contributed by atoms with Crippen LogP contribution >= 0.6 is 11.3 Å². The zero-order valence-corrected chi connectivity index (χ0v) is 13.0. The van der Waals surface area contributed by atoms with Crippen LogP contribution in [-0.2, 0) is 11.2 Å². The van der Waals surface area contributed by atoms with Crippen LogP contribution in [-0.4, -0.2) is 39.9 Å². The van der Waals surface area contributed by atoms with Crippen molar-refractivity contribution < 1.29 is 4.74 Å². The Morgan fingerprint density at radius 2 is 2.05 bits per heavy atom. The Bertz CT molecular complexity index is 498. The van der Waals surface area contributed by atoms with Crippen molar-refractivity contribution in [3.05, 3.63) is 35.2 Å². The normalized spacial score (nSPS) is 11.2. The molecule has 0 fully saturated rings. The molecule has 0 atom stereocenters. The van der Waals surface area contributed by atoms with Crippen molar-refractivity contribution in [3.63, 3.8) is 0 Å². The van der Waals surface area contributed by atoms with Crippen molar-refractivity contribution in [3.8, 4) is 0 Å². The van der Waals surface area contributed by atoms with Gasteiger partial charge >= 0.3 is 0 Å². The summed E-state index contributed by atoms with van der Waals surface area (Å²) in [6.07, 6.45) is 2.16. The molecule has 0 amide bonds. The number of rotatable bonds is 10. The quantitative estimate of drug-likeness (QED) is 0.661. The van der Waals surface area contributed by atoms with Crippen molar-refractivity contribution in [1.82, 2.24) is 10.6 Å². The van der Waals surface area contributed by atoms with Gasteiger partial charge in [0.05, 0.1) is 13.2 Å². The standard InChI is InChI=1S/C16H24N2OS/c1-17-7-2-8-18-9-11-19-10-5-14-3-4-16-15(13-14)6-12-20-16/h3-4,6,12-13,17-18H,2,5,7-11H2,1H3. The third-order valence-electron chi connectivity index (χ3n) is 3.26. The predicted octanol–water partition coefficient (Wildman–Crippen LogP) is 2.66. The molecular weight excluding hydrogens is 268 g/mol. The maximum absolute atomic E-state index is 5.66. The summed E-state index contributed by atoms with van der Waals surface area (Å²) in [7, 11) is 1.98. The van der Waals surface area contributed by atoms with Gasteiger partial charge in [-0.15, -0.1) is 11.3 Å². The maximum atomic E-state index is 5.66. The highest BCUT2D eigenvalue weighted by atomic mass is 32.1. The van der Waals surface area contributed by atoms with Gasteiger partial charge in [0.2, 0.25) is 0 Å². The molecule has 4 heteroatoms. The highest BCUT2D eigenvalue weighted by molar-refractivity contribution is 7.17. The molecule has 0 aliphatic rings. The van der Waals surface area contributed by atoms with E-state index in [2.05, 4.69) is 40.3 Å². The molecule has 0 saturated carbocycles. The third-order valence-corrected chi connectivity index (χ3v) is 4.15. The van der Waals surface area contributed by atoms with E-state index >= 15 is 0 Å². The zero-order chi connectivity index (χ0) is 14.0. The number of hydrogen-bond acceptors (Lipinski definition) is 4. The molecule has 0 aliphatic heterocycles. The lowest BCUT2D eigenvalue weighted by molar-refractivity contribution is 0.139. The largest absolute Gasteiger partial charge is 0.380 e. The molecule has 0 unspecified atom stereocenters. The summed E-state index contributed by atoms with van der Waals surface area (Å²) in [5, 5.41) is 10.0. The van der Waals surface area contributed by atoms with Crippen molar-refractivity contribution >= 4 is 21.4 Å². The van der Waals surface area contributed by atoms with E-state index in [4.69, 9.17) is 4.74 Å². The number of benzene rings is 1. The van der Waals surface area contributed by atoms with Gasteiger partial charge in [-0.05, 0) is 61.4 Å². The summed E-state index contributed by atoms with van der Waals surface area (Å²) >= 11 is 1.79. The van der Waals surface area contributed by atoms with Gasteiger partial charge in [-0.3, -0.25) is 0 Å². The van der Waals surface area contributed by atoms with Crippen LogP contribution in [0.2, 0.25) is 0 Å². The third kappa shape index (κ3) is 5.21. The smallest absolute Gasteiger partial charge is 0.0591 e. The van der Waals surface area contributed by atoms with E-state index in [-0.39, 0.29) is 0 Å². The molecule has 2 N–H and O–H groups in total. The van der Waals surface area contributed by atoms with Crippen molar-refractivity contribution in [2.45, 2.75) is 12.8 Å². The minimum atomic E-state index is 0.792. The van der Waals surface area contributed by atoms with Crippen molar-refractivity contribution in [1.29, 1.82) is 0 Å². The van der Waals surface area contributed by atoms with E-state index in [1.165, 1.54) is 15.6 Å². The highest BCUT2D eigenvalue weighted by Crippen LogP contribution is 2.21. The van der Waals surface area contributed by atoms with Crippen LogP contribution in [0.15, 0.2) is 29.6 Å². The minimum Gasteiger partial charge on any atom is -0.380 e. The molecule has 110 valence electrons. The van der Waals surface area contributed by atoms with Gasteiger partial charge < -0.3 is 15.4 Å². The zero-order valence-electron chi connectivity index (χ0n) is 12.2. The predicted molar refractivity (Wildman–Crippen MR) is 87.8 cm³/mol. The Balaban J connectivity index is 1.54. The minimum absolute atomic E-state index is 0.792. The van der Waals surface area contributed by atoms with Crippen LogP contribution in [0.1, 0.15) is 12.0 Å². The summed E-state index contributed by atoms with van der Waals surface area (Å²) in [5.41, 5.74) is 1.36. The Labute approximate surface area is 125 Å². The average Bonchev–Trinajstić information content (AvgIpc) is 2.93.